The van der Waals surface area contributed by atoms with Crippen LogP contribution in [0.5, 0.6) is 5.75 Å². The van der Waals surface area contributed by atoms with Gasteiger partial charge in [-0.25, -0.2) is 4.79 Å². The van der Waals surface area contributed by atoms with E-state index in [0.717, 1.165) is 33.8 Å². The van der Waals surface area contributed by atoms with Crippen LogP contribution in [0.2, 0.25) is 0 Å². The first kappa shape index (κ1) is 27.5. The zero-order valence-electron chi connectivity index (χ0n) is 21.0. The van der Waals surface area contributed by atoms with Crippen LogP contribution >= 0.6 is 11.8 Å². The highest BCUT2D eigenvalue weighted by molar-refractivity contribution is 8.11. The van der Waals surface area contributed by atoms with Crippen LogP contribution in [-0.2, 0) is 14.3 Å². The second-order valence-corrected chi connectivity index (χ2v) is 11.2. The third kappa shape index (κ3) is 8.24. The van der Waals surface area contributed by atoms with E-state index in [9.17, 15) is 9.59 Å². The summed E-state index contributed by atoms with van der Waals surface area (Å²) in [5, 5.41) is 0. The van der Waals surface area contributed by atoms with Crippen molar-refractivity contribution < 1.29 is 23.8 Å². The van der Waals surface area contributed by atoms with Crippen molar-refractivity contribution in [2.75, 3.05) is 20.3 Å². The van der Waals surface area contributed by atoms with E-state index in [4.69, 9.17) is 14.2 Å². The van der Waals surface area contributed by atoms with Crippen LogP contribution in [0, 0.1) is 10.8 Å². The van der Waals surface area contributed by atoms with Gasteiger partial charge in [0.25, 0.3) is 0 Å². The summed E-state index contributed by atoms with van der Waals surface area (Å²) in [6, 6.07) is 5.27. The summed E-state index contributed by atoms with van der Waals surface area (Å²) < 4.78 is 16.4. The van der Waals surface area contributed by atoms with Gasteiger partial charge in [-0.05, 0) is 53.8 Å². The second kappa shape index (κ2) is 11.6. The van der Waals surface area contributed by atoms with Gasteiger partial charge in [-0.2, -0.15) is 0 Å². The van der Waals surface area contributed by atoms with Gasteiger partial charge in [-0.15, -0.1) is 0 Å². The Hall–Kier alpha value is -2.73. The summed E-state index contributed by atoms with van der Waals surface area (Å²) in [5.74, 6) is -0.174. The first-order valence-corrected chi connectivity index (χ1v) is 12.1. The minimum Gasteiger partial charge on any atom is -0.493 e. The second-order valence-electron chi connectivity index (χ2n) is 9.85. The topological polar surface area (TPSA) is 61.8 Å². The molecule has 34 heavy (non-hydrogen) atoms. The van der Waals surface area contributed by atoms with Crippen LogP contribution in [0.15, 0.2) is 60.6 Å². The summed E-state index contributed by atoms with van der Waals surface area (Å²) in [5.41, 5.74) is 1.64. The molecule has 0 saturated heterocycles. The molecule has 2 rings (SSSR count). The van der Waals surface area contributed by atoms with E-state index in [1.807, 2.05) is 39.8 Å². The molecule has 0 unspecified atom stereocenters. The Morgan fingerprint density at radius 1 is 1.15 bits per heavy atom. The highest BCUT2D eigenvalue weighted by Crippen LogP contribution is 2.52. The molecule has 6 heteroatoms. The molecule has 1 fully saturated rings. The van der Waals surface area contributed by atoms with Crippen LogP contribution in [0.3, 0.4) is 0 Å². The van der Waals surface area contributed by atoms with Gasteiger partial charge >= 0.3 is 11.9 Å². The average Bonchev–Trinajstić information content (AvgIpc) is 3.56. The standard InChI is InChI=1S/C28H36O5S/c1-9-10-20(3)34-21(4)22-14-23(26(30)31-8)16-24(15-22)32-18-28(11-12-28)19(2)13-25(29)33-17-27(5,6)7/h9-10,14-16H,1-2,4,11-13,17-18H2,3,5-8H3/b20-10-. The van der Waals surface area contributed by atoms with Crippen molar-refractivity contribution in [3.05, 3.63) is 71.7 Å². The average molecular weight is 485 g/mol. The molecule has 1 aromatic carbocycles. The maximum absolute atomic E-state index is 12.3. The molecule has 5 nitrogen and oxygen atoms in total. The molecule has 0 N–H and O–H groups in total. The quantitative estimate of drug-likeness (QED) is 0.181. The number of rotatable bonds is 12. The largest absolute Gasteiger partial charge is 0.493 e. The third-order valence-electron chi connectivity index (χ3n) is 5.43. The van der Waals surface area contributed by atoms with Gasteiger partial charge in [-0.1, -0.05) is 70.0 Å². The lowest BCUT2D eigenvalue weighted by Gasteiger charge is -2.21. The van der Waals surface area contributed by atoms with Crippen molar-refractivity contribution in [2.24, 2.45) is 10.8 Å². The van der Waals surface area contributed by atoms with Crippen molar-refractivity contribution >= 4 is 28.6 Å². The lowest BCUT2D eigenvalue weighted by molar-refractivity contribution is -0.145. The monoisotopic (exact) mass is 484 g/mol. The van der Waals surface area contributed by atoms with E-state index < -0.39 is 5.97 Å². The molecule has 1 aromatic rings. The number of hydrogen-bond acceptors (Lipinski definition) is 6. The number of methoxy groups -OCH3 is 1. The van der Waals surface area contributed by atoms with Gasteiger partial charge in [0.05, 0.1) is 32.3 Å². The summed E-state index contributed by atoms with van der Waals surface area (Å²) in [7, 11) is 1.35. The van der Waals surface area contributed by atoms with Gasteiger partial charge in [0.15, 0.2) is 0 Å². The van der Waals surface area contributed by atoms with E-state index in [1.165, 1.54) is 18.9 Å². The fourth-order valence-electron chi connectivity index (χ4n) is 3.21. The summed E-state index contributed by atoms with van der Waals surface area (Å²) in [4.78, 5) is 26.3. The predicted molar refractivity (Wildman–Crippen MR) is 140 cm³/mol. The molecule has 0 aliphatic heterocycles. The van der Waals surface area contributed by atoms with Gasteiger partial charge in [0, 0.05) is 10.3 Å². The van der Waals surface area contributed by atoms with Crippen LogP contribution in [-0.4, -0.2) is 32.3 Å². The van der Waals surface area contributed by atoms with Crippen molar-refractivity contribution in [3.63, 3.8) is 0 Å². The molecule has 0 atom stereocenters. The Balaban J connectivity index is 2.11. The highest BCUT2D eigenvalue weighted by Gasteiger charge is 2.46. The van der Waals surface area contributed by atoms with E-state index >= 15 is 0 Å². The Kier molecular flexibility index (Phi) is 9.39. The van der Waals surface area contributed by atoms with E-state index in [2.05, 4.69) is 19.7 Å². The molecule has 0 amide bonds. The Morgan fingerprint density at radius 2 is 1.79 bits per heavy atom. The molecule has 0 aromatic heterocycles. The zero-order valence-corrected chi connectivity index (χ0v) is 21.8. The van der Waals surface area contributed by atoms with Crippen molar-refractivity contribution in [3.8, 4) is 5.75 Å². The first-order valence-electron chi connectivity index (χ1n) is 11.3. The summed E-state index contributed by atoms with van der Waals surface area (Å²) in [6.45, 7) is 20.8. The molecule has 0 radical (unpaired) electrons. The number of hydrogen-bond donors (Lipinski definition) is 0. The molecular weight excluding hydrogens is 448 g/mol. The predicted octanol–water partition coefficient (Wildman–Crippen LogP) is 6.96. The molecule has 1 aliphatic carbocycles. The number of allylic oxidation sites excluding steroid dienone is 3. The van der Waals surface area contributed by atoms with Crippen LogP contribution in [0.4, 0.5) is 0 Å². The summed E-state index contributed by atoms with van der Waals surface area (Å²) >= 11 is 1.49. The fourth-order valence-corrected chi connectivity index (χ4v) is 4.00. The SMILES string of the molecule is C=C/C=C(/C)SC(=C)c1cc(OCC2(C(=C)CC(=O)OCC(C)(C)C)CC2)cc(C(=O)OC)c1. The Morgan fingerprint density at radius 3 is 2.35 bits per heavy atom. The van der Waals surface area contributed by atoms with Crippen molar-refractivity contribution in [1.29, 1.82) is 0 Å². The Bertz CT molecular complexity index is 993. The number of esters is 2. The van der Waals surface area contributed by atoms with Crippen LogP contribution < -0.4 is 4.74 Å². The molecular formula is C28H36O5S. The van der Waals surface area contributed by atoms with E-state index in [0.29, 0.717) is 24.5 Å². The molecule has 0 heterocycles. The maximum Gasteiger partial charge on any atom is 0.338 e. The molecule has 1 aliphatic rings. The van der Waals surface area contributed by atoms with Gasteiger partial charge in [0.1, 0.15) is 5.75 Å². The minimum absolute atomic E-state index is 0.0813. The minimum atomic E-state index is -0.449. The van der Waals surface area contributed by atoms with Crippen LogP contribution in [0.25, 0.3) is 4.91 Å². The number of carbonyl (C=O) groups excluding carboxylic acids is 2. The van der Waals surface area contributed by atoms with Gasteiger partial charge in [0.2, 0.25) is 0 Å². The molecule has 0 bridgehead atoms. The number of carbonyl (C=O) groups is 2. The number of ether oxygens (including phenoxy) is 3. The Labute approximate surface area is 207 Å². The smallest absolute Gasteiger partial charge is 0.338 e. The normalized spacial score (nSPS) is 14.7. The van der Waals surface area contributed by atoms with Crippen molar-refractivity contribution in [1.82, 2.24) is 0 Å². The maximum atomic E-state index is 12.3. The first-order chi connectivity index (χ1) is 15.9. The lowest BCUT2D eigenvalue weighted by Crippen LogP contribution is -2.21. The fraction of sp³-hybridized carbons (Fsp3) is 0.429. The molecule has 0 spiro atoms. The number of thioether (sulfide) groups is 1. The molecule has 1 saturated carbocycles. The van der Waals surface area contributed by atoms with E-state index in [-0.39, 0.29) is 23.2 Å². The highest BCUT2D eigenvalue weighted by atomic mass is 32.2. The van der Waals surface area contributed by atoms with Crippen LogP contribution in [0.1, 0.15) is 62.9 Å². The van der Waals surface area contributed by atoms with Gasteiger partial charge < -0.3 is 14.2 Å². The van der Waals surface area contributed by atoms with E-state index in [1.54, 1.807) is 18.2 Å². The van der Waals surface area contributed by atoms with Gasteiger partial charge in [-0.3, -0.25) is 4.79 Å². The van der Waals surface area contributed by atoms with Crippen molar-refractivity contribution in [2.45, 2.75) is 47.0 Å². The third-order valence-corrected chi connectivity index (χ3v) is 6.37. The lowest BCUT2D eigenvalue weighted by atomic mass is 9.95. The molecule has 184 valence electrons. The zero-order chi connectivity index (χ0) is 25.5. The summed E-state index contributed by atoms with van der Waals surface area (Å²) in [6.07, 6.45) is 5.59. The number of benzene rings is 1.